The maximum atomic E-state index is 12.0. The smallest absolute Gasteiger partial charge is 0.336 e. The molecule has 3 aromatic rings. The number of aromatic carboxylic acids is 1. The highest BCUT2D eigenvalue weighted by Crippen LogP contribution is 2.36. The Labute approximate surface area is 156 Å². The van der Waals surface area contributed by atoms with Crippen LogP contribution in [0.4, 0.5) is 0 Å². The Hall–Kier alpha value is -2.59. The van der Waals surface area contributed by atoms with Crippen molar-refractivity contribution in [1.29, 1.82) is 0 Å². The number of pyridine rings is 1. The molecule has 1 N–H and O–H groups in total. The minimum atomic E-state index is -0.870. The first kappa shape index (κ1) is 16.9. The zero-order chi connectivity index (χ0) is 18.1. The van der Waals surface area contributed by atoms with Gasteiger partial charge in [0.2, 0.25) is 0 Å². The number of carbonyl (C=O) groups is 1. The third-order valence-corrected chi connectivity index (χ3v) is 5.58. The minimum absolute atomic E-state index is 0.411. The SMILES string of the molecule is CSc1ccc(/C=C2\CCCc3c2nc2ccccc2c3C(=O)O)cc1. The molecular weight excluding hydrogens is 342 g/mol. The van der Waals surface area contributed by atoms with Crippen LogP contribution in [0.25, 0.3) is 22.6 Å². The number of aromatic nitrogens is 1. The van der Waals surface area contributed by atoms with E-state index in [-0.39, 0.29) is 0 Å². The maximum Gasteiger partial charge on any atom is 0.336 e. The summed E-state index contributed by atoms with van der Waals surface area (Å²) in [5, 5.41) is 10.5. The molecular formula is C22H19NO2S. The van der Waals surface area contributed by atoms with Gasteiger partial charge in [-0.25, -0.2) is 9.78 Å². The summed E-state index contributed by atoms with van der Waals surface area (Å²) in [6.07, 6.45) is 6.84. The summed E-state index contributed by atoms with van der Waals surface area (Å²) < 4.78 is 0. The van der Waals surface area contributed by atoms with Crippen LogP contribution < -0.4 is 0 Å². The van der Waals surface area contributed by atoms with Crippen LogP contribution in [0, 0.1) is 0 Å². The fraction of sp³-hybridized carbons (Fsp3) is 0.182. The van der Waals surface area contributed by atoms with E-state index in [1.54, 1.807) is 11.8 Å². The number of para-hydroxylation sites is 1. The van der Waals surface area contributed by atoms with Gasteiger partial charge in [-0.15, -0.1) is 11.8 Å². The Bertz CT molecular complexity index is 1020. The van der Waals surface area contributed by atoms with Crippen molar-refractivity contribution in [1.82, 2.24) is 4.98 Å². The highest BCUT2D eigenvalue weighted by Gasteiger charge is 2.24. The third kappa shape index (κ3) is 3.01. The monoisotopic (exact) mass is 361 g/mol. The molecule has 4 rings (SSSR count). The van der Waals surface area contributed by atoms with E-state index in [2.05, 4.69) is 36.6 Å². The molecule has 0 aliphatic heterocycles. The molecule has 0 unspecified atom stereocenters. The van der Waals surface area contributed by atoms with Crippen LogP contribution in [0.5, 0.6) is 0 Å². The lowest BCUT2D eigenvalue weighted by atomic mass is 9.86. The second kappa shape index (κ2) is 6.96. The number of hydrogen-bond acceptors (Lipinski definition) is 3. The maximum absolute atomic E-state index is 12.0. The van der Waals surface area contributed by atoms with Crippen molar-refractivity contribution in [3.8, 4) is 0 Å². The summed E-state index contributed by atoms with van der Waals surface area (Å²) in [7, 11) is 0. The van der Waals surface area contributed by atoms with Gasteiger partial charge < -0.3 is 5.11 Å². The lowest BCUT2D eigenvalue weighted by Crippen LogP contribution is -2.13. The van der Waals surface area contributed by atoms with Gasteiger partial charge in [0.05, 0.1) is 16.8 Å². The Morgan fingerprint density at radius 2 is 1.88 bits per heavy atom. The zero-order valence-corrected chi connectivity index (χ0v) is 15.3. The van der Waals surface area contributed by atoms with E-state index in [0.717, 1.165) is 52.6 Å². The Morgan fingerprint density at radius 3 is 2.62 bits per heavy atom. The van der Waals surface area contributed by atoms with Gasteiger partial charge in [-0.05, 0) is 66.5 Å². The first-order chi connectivity index (χ1) is 12.7. The van der Waals surface area contributed by atoms with Gasteiger partial charge in [-0.3, -0.25) is 0 Å². The third-order valence-electron chi connectivity index (χ3n) is 4.84. The summed E-state index contributed by atoms with van der Waals surface area (Å²) in [5.74, 6) is -0.870. The van der Waals surface area contributed by atoms with E-state index in [1.165, 1.54) is 4.90 Å². The van der Waals surface area contributed by atoms with Crippen LogP contribution in [-0.4, -0.2) is 22.3 Å². The number of hydrogen-bond donors (Lipinski definition) is 1. The van der Waals surface area contributed by atoms with Gasteiger partial charge in [0.25, 0.3) is 0 Å². The Kier molecular flexibility index (Phi) is 4.51. The van der Waals surface area contributed by atoms with Crippen LogP contribution in [0.2, 0.25) is 0 Å². The van der Waals surface area contributed by atoms with Crippen LogP contribution in [0.3, 0.4) is 0 Å². The molecule has 3 nitrogen and oxygen atoms in total. The van der Waals surface area contributed by atoms with Crippen molar-refractivity contribution in [2.75, 3.05) is 6.26 Å². The van der Waals surface area contributed by atoms with E-state index in [1.807, 2.05) is 24.3 Å². The summed E-state index contributed by atoms with van der Waals surface area (Å²) in [6.45, 7) is 0. The second-order valence-electron chi connectivity index (χ2n) is 6.43. The molecule has 0 spiro atoms. The standard InChI is InChI=1S/C22H19NO2S/c1-26-16-11-9-14(10-12-16)13-15-5-4-7-18-20(22(24)25)17-6-2-3-8-19(17)23-21(15)18/h2-3,6,8-13H,4-5,7H2,1H3,(H,24,25)/b15-13+. The topological polar surface area (TPSA) is 50.2 Å². The lowest BCUT2D eigenvalue weighted by molar-refractivity contribution is 0.0697. The van der Waals surface area contributed by atoms with Gasteiger partial charge >= 0.3 is 5.97 Å². The van der Waals surface area contributed by atoms with Gasteiger partial charge in [0.1, 0.15) is 0 Å². The number of rotatable bonds is 3. The van der Waals surface area contributed by atoms with Crippen molar-refractivity contribution in [3.63, 3.8) is 0 Å². The first-order valence-electron chi connectivity index (χ1n) is 8.67. The quantitative estimate of drug-likeness (QED) is 0.623. The van der Waals surface area contributed by atoms with Crippen molar-refractivity contribution >= 4 is 40.3 Å². The van der Waals surface area contributed by atoms with Crippen molar-refractivity contribution < 1.29 is 9.90 Å². The molecule has 4 heteroatoms. The lowest BCUT2D eigenvalue weighted by Gasteiger charge is -2.21. The normalized spacial score (nSPS) is 15.2. The van der Waals surface area contributed by atoms with E-state index in [9.17, 15) is 9.90 Å². The van der Waals surface area contributed by atoms with E-state index < -0.39 is 5.97 Å². The number of thioether (sulfide) groups is 1. The number of carboxylic acids is 1. The molecule has 1 heterocycles. The average molecular weight is 361 g/mol. The molecule has 0 radical (unpaired) electrons. The fourth-order valence-corrected chi connectivity index (χ4v) is 4.03. The van der Waals surface area contributed by atoms with Crippen molar-refractivity contribution in [3.05, 3.63) is 70.9 Å². The van der Waals surface area contributed by atoms with E-state index in [0.29, 0.717) is 5.56 Å². The molecule has 130 valence electrons. The highest BCUT2D eigenvalue weighted by atomic mass is 32.2. The number of nitrogens with zero attached hydrogens (tertiary/aromatic N) is 1. The molecule has 0 atom stereocenters. The summed E-state index contributed by atoms with van der Waals surface area (Å²) in [6, 6.07) is 15.9. The molecule has 1 aliphatic carbocycles. The van der Waals surface area contributed by atoms with Crippen molar-refractivity contribution in [2.24, 2.45) is 0 Å². The molecule has 0 bridgehead atoms. The van der Waals surface area contributed by atoms with Crippen LogP contribution in [0.15, 0.2) is 53.4 Å². The van der Waals surface area contributed by atoms with Gasteiger partial charge in [0, 0.05) is 10.3 Å². The zero-order valence-electron chi connectivity index (χ0n) is 14.5. The van der Waals surface area contributed by atoms with E-state index >= 15 is 0 Å². The second-order valence-corrected chi connectivity index (χ2v) is 7.31. The van der Waals surface area contributed by atoms with Gasteiger partial charge in [0.15, 0.2) is 0 Å². The number of carboxylic acid groups (broad SMARTS) is 1. The predicted octanol–water partition coefficient (Wildman–Crippen LogP) is 5.53. The number of fused-ring (bicyclic) bond motifs is 2. The largest absolute Gasteiger partial charge is 0.478 e. The molecule has 2 aromatic carbocycles. The summed E-state index contributed by atoms with van der Waals surface area (Å²) in [4.78, 5) is 18.0. The molecule has 1 aromatic heterocycles. The molecule has 1 aliphatic rings. The fourth-order valence-electron chi connectivity index (χ4n) is 3.62. The average Bonchev–Trinajstić information content (AvgIpc) is 2.67. The molecule has 0 saturated carbocycles. The first-order valence-corrected chi connectivity index (χ1v) is 9.90. The molecule has 0 amide bonds. The van der Waals surface area contributed by atoms with Crippen LogP contribution in [0.1, 0.15) is 40.0 Å². The molecule has 0 saturated heterocycles. The summed E-state index contributed by atoms with van der Waals surface area (Å²) in [5.41, 5.74) is 5.12. The predicted molar refractivity (Wildman–Crippen MR) is 108 cm³/mol. The summed E-state index contributed by atoms with van der Waals surface area (Å²) >= 11 is 1.72. The molecule has 0 fully saturated rings. The van der Waals surface area contributed by atoms with Crippen LogP contribution in [-0.2, 0) is 6.42 Å². The Balaban J connectivity index is 1.90. The van der Waals surface area contributed by atoms with Crippen LogP contribution >= 0.6 is 11.8 Å². The Morgan fingerprint density at radius 1 is 1.12 bits per heavy atom. The van der Waals surface area contributed by atoms with E-state index in [4.69, 9.17) is 4.98 Å². The number of allylic oxidation sites excluding steroid dienone is 1. The van der Waals surface area contributed by atoms with Gasteiger partial charge in [-0.2, -0.15) is 0 Å². The molecule has 26 heavy (non-hydrogen) atoms. The minimum Gasteiger partial charge on any atom is -0.478 e. The highest BCUT2D eigenvalue weighted by molar-refractivity contribution is 7.98. The number of benzene rings is 2. The van der Waals surface area contributed by atoms with Gasteiger partial charge in [-0.1, -0.05) is 30.3 Å². The van der Waals surface area contributed by atoms with Crippen molar-refractivity contribution in [2.45, 2.75) is 24.2 Å².